The Labute approximate surface area is 322 Å². The molecule has 0 bridgehead atoms. The fourth-order valence-electron chi connectivity index (χ4n) is 5.11. The molecule has 0 aliphatic rings. The monoisotopic (exact) mass is 789 g/mol. The molecule has 20 heteroatoms. The van der Waals surface area contributed by atoms with Gasteiger partial charge >= 0.3 is 5.97 Å². The van der Waals surface area contributed by atoms with Crippen molar-refractivity contribution in [3.8, 4) is 11.5 Å². The summed E-state index contributed by atoms with van der Waals surface area (Å²) in [6, 6.07) is 2.78. The van der Waals surface area contributed by atoms with E-state index >= 15 is 0 Å². The Hall–Kier alpha value is -5.83. The molecule has 14 N–H and O–H groups in total. The number of amides is 6. The number of carbonyl (C=O) groups is 7. The van der Waals surface area contributed by atoms with E-state index in [1.165, 1.54) is 36.4 Å². The number of carboxylic acid groups (broad SMARTS) is 1. The SMILES string of the molecule is CC[C@H](C)[C@H](NC(=O)[C@@H](N)Cc1ccc(O)cc1)C(=O)N[C@@H](CO)C(=O)NCC(=O)N[C@@H](CO)C(=O)N[C@H](C(=O)N[C@@H](Cc1ccc(O)cc1)C(=O)O)[C@@H](C)O. The lowest BCUT2D eigenvalue weighted by atomic mass is 9.97. The van der Waals surface area contributed by atoms with Gasteiger partial charge in [0.25, 0.3) is 0 Å². The number of carboxylic acids is 1. The van der Waals surface area contributed by atoms with Crippen LogP contribution in [0.25, 0.3) is 0 Å². The van der Waals surface area contributed by atoms with E-state index in [1.54, 1.807) is 26.0 Å². The van der Waals surface area contributed by atoms with Crippen LogP contribution in [-0.2, 0) is 46.4 Å². The average molecular weight is 790 g/mol. The van der Waals surface area contributed by atoms with Crippen LogP contribution in [0.5, 0.6) is 11.5 Å². The highest BCUT2D eigenvalue weighted by atomic mass is 16.4. The second-order valence-electron chi connectivity index (χ2n) is 13.1. The fourth-order valence-corrected chi connectivity index (χ4v) is 5.11. The van der Waals surface area contributed by atoms with Crippen molar-refractivity contribution in [3.63, 3.8) is 0 Å². The number of rotatable bonds is 22. The molecule has 0 aliphatic carbocycles. The summed E-state index contributed by atoms with van der Waals surface area (Å²) in [5.74, 6) is -7.70. The van der Waals surface area contributed by atoms with Crippen LogP contribution in [0.1, 0.15) is 38.3 Å². The summed E-state index contributed by atoms with van der Waals surface area (Å²) in [5.41, 5.74) is 7.14. The first-order chi connectivity index (χ1) is 26.4. The molecular weight excluding hydrogens is 738 g/mol. The first kappa shape index (κ1) is 46.3. The molecule has 8 atom stereocenters. The van der Waals surface area contributed by atoms with Crippen LogP contribution in [0.15, 0.2) is 48.5 Å². The molecule has 0 aromatic heterocycles. The molecule has 0 radical (unpaired) electrons. The predicted octanol–water partition coefficient (Wildman–Crippen LogP) is -3.75. The summed E-state index contributed by atoms with van der Waals surface area (Å²) in [4.78, 5) is 89.3. The van der Waals surface area contributed by atoms with E-state index in [9.17, 15) is 64.2 Å². The van der Waals surface area contributed by atoms with Gasteiger partial charge in [-0.1, -0.05) is 44.5 Å². The van der Waals surface area contributed by atoms with E-state index < -0.39 is 109 Å². The second-order valence-corrected chi connectivity index (χ2v) is 13.1. The zero-order valence-electron chi connectivity index (χ0n) is 31.1. The van der Waals surface area contributed by atoms with Gasteiger partial charge in [0.15, 0.2) is 0 Å². The zero-order valence-corrected chi connectivity index (χ0v) is 31.1. The highest BCUT2D eigenvalue weighted by molar-refractivity contribution is 5.96. The molecule has 0 unspecified atom stereocenters. The molecule has 0 heterocycles. The van der Waals surface area contributed by atoms with Crippen molar-refractivity contribution in [1.82, 2.24) is 31.9 Å². The fraction of sp³-hybridized carbons (Fsp3) is 0.472. The van der Waals surface area contributed by atoms with Crippen LogP contribution < -0.4 is 37.6 Å². The molecular formula is C36H51N7O13. The van der Waals surface area contributed by atoms with Gasteiger partial charge in [0.2, 0.25) is 35.4 Å². The molecule has 20 nitrogen and oxygen atoms in total. The number of phenolic OH excluding ortho intramolecular Hbond substituents is 2. The number of hydrogen-bond donors (Lipinski definition) is 13. The highest BCUT2D eigenvalue weighted by Crippen LogP contribution is 2.14. The number of benzene rings is 2. The minimum Gasteiger partial charge on any atom is -0.508 e. The number of hydrogen-bond acceptors (Lipinski definition) is 13. The molecule has 0 saturated carbocycles. The normalized spacial score (nSPS) is 15.3. The summed E-state index contributed by atoms with van der Waals surface area (Å²) >= 11 is 0. The van der Waals surface area contributed by atoms with Crippen molar-refractivity contribution in [3.05, 3.63) is 59.7 Å². The number of phenols is 2. The van der Waals surface area contributed by atoms with Crippen LogP contribution in [0, 0.1) is 5.92 Å². The lowest BCUT2D eigenvalue weighted by Gasteiger charge is -2.27. The van der Waals surface area contributed by atoms with Gasteiger partial charge in [0.1, 0.15) is 41.7 Å². The van der Waals surface area contributed by atoms with E-state index in [4.69, 9.17) is 5.73 Å². The van der Waals surface area contributed by atoms with Crippen molar-refractivity contribution < 1.29 is 64.2 Å². The standard InChI is InChI=1S/C36H51N7O13/c1-4-18(2)29(42-31(50)24(37)13-20-5-9-22(47)10-6-20)34(53)41-26(16-44)32(51)38-15-28(49)39-27(17-45)33(52)43-30(19(3)46)35(54)40-25(36(55)56)14-21-7-11-23(48)12-8-21/h5-12,18-19,24-27,29-30,44-48H,4,13-17,37H2,1-3H3,(H,38,51)(H,39,49)(H,40,54)(H,41,53)(H,42,50)(H,43,52)(H,55,56)/t18-,19+,24-,25-,26-,27-,29-,30-/m0/s1. The Balaban J connectivity index is 1.98. The Morgan fingerprint density at radius 2 is 1.09 bits per heavy atom. The van der Waals surface area contributed by atoms with Crippen molar-refractivity contribution in [2.45, 2.75) is 82.4 Å². The van der Waals surface area contributed by atoms with Crippen LogP contribution in [0.2, 0.25) is 0 Å². The summed E-state index contributed by atoms with van der Waals surface area (Å²) in [6.07, 6.45) is -1.27. The third-order valence-electron chi connectivity index (χ3n) is 8.65. The van der Waals surface area contributed by atoms with Gasteiger partial charge in [0, 0.05) is 6.42 Å². The Kier molecular flexibility index (Phi) is 18.6. The van der Waals surface area contributed by atoms with Crippen molar-refractivity contribution in [2.75, 3.05) is 19.8 Å². The van der Waals surface area contributed by atoms with Crippen LogP contribution >= 0.6 is 0 Å². The number of aromatic hydroxyl groups is 2. The Morgan fingerprint density at radius 3 is 1.57 bits per heavy atom. The number of aliphatic hydroxyl groups excluding tert-OH is 3. The molecule has 0 spiro atoms. The lowest BCUT2D eigenvalue weighted by Crippen LogP contribution is -2.60. The maximum atomic E-state index is 13.2. The largest absolute Gasteiger partial charge is 0.508 e. The predicted molar refractivity (Wildman–Crippen MR) is 197 cm³/mol. The van der Waals surface area contributed by atoms with Gasteiger partial charge in [-0.05, 0) is 54.7 Å². The quantitative estimate of drug-likeness (QED) is 0.0545. The third kappa shape index (κ3) is 14.8. The first-order valence-electron chi connectivity index (χ1n) is 17.6. The maximum absolute atomic E-state index is 13.2. The number of aliphatic carboxylic acids is 1. The summed E-state index contributed by atoms with van der Waals surface area (Å²) in [7, 11) is 0. The van der Waals surface area contributed by atoms with E-state index in [1.807, 2.05) is 0 Å². The topological polar surface area (TPSA) is 339 Å². The van der Waals surface area contributed by atoms with E-state index in [0.29, 0.717) is 17.5 Å². The van der Waals surface area contributed by atoms with Crippen LogP contribution in [-0.4, -0.2) is 134 Å². The molecule has 2 aromatic carbocycles. The minimum atomic E-state index is -1.73. The summed E-state index contributed by atoms with van der Waals surface area (Å²) < 4.78 is 0. The number of nitrogens with one attached hydrogen (secondary N) is 6. The van der Waals surface area contributed by atoms with Gasteiger partial charge in [-0.3, -0.25) is 28.8 Å². The van der Waals surface area contributed by atoms with Gasteiger partial charge in [-0.2, -0.15) is 0 Å². The highest BCUT2D eigenvalue weighted by Gasteiger charge is 2.33. The van der Waals surface area contributed by atoms with Crippen molar-refractivity contribution >= 4 is 41.4 Å². The zero-order chi connectivity index (χ0) is 42.1. The van der Waals surface area contributed by atoms with Gasteiger partial charge in [0.05, 0.1) is 31.9 Å². The molecule has 0 fully saturated rings. The van der Waals surface area contributed by atoms with Crippen LogP contribution in [0.3, 0.4) is 0 Å². The van der Waals surface area contributed by atoms with Gasteiger partial charge in [-0.15, -0.1) is 0 Å². The number of nitrogens with two attached hydrogens (primary N) is 1. The van der Waals surface area contributed by atoms with Gasteiger partial charge < -0.3 is 68.3 Å². The van der Waals surface area contributed by atoms with Crippen molar-refractivity contribution in [1.29, 1.82) is 0 Å². The smallest absolute Gasteiger partial charge is 0.326 e. The number of carbonyl (C=O) groups excluding carboxylic acids is 6. The molecule has 6 amide bonds. The first-order valence-corrected chi connectivity index (χ1v) is 17.6. The molecule has 308 valence electrons. The van der Waals surface area contributed by atoms with E-state index in [2.05, 4.69) is 31.9 Å². The molecule has 56 heavy (non-hydrogen) atoms. The Morgan fingerprint density at radius 1 is 0.625 bits per heavy atom. The molecule has 0 saturated heterocycles. The maximum Gasteiger partial charge on any atom is 0.326 e. The Bertz CT molecular complexity index is 1660. The van der Waals surface area contributed by atoms with E-state index in [0.717, 1.165) is 6.92 Å². The molecule has 2 aromatic rings. The van der Waals surface area contributed by atoms with E-state index in [-0.39, 0.29) is 24.3 Å². The van der Waals surface area contributed by atoms with Crippen LogP contribution in [0.4, 0.5) is 0 Å². The average Bonchev–Trinajstić information content (AvgIpc) is 3.16. The van der Waals surface area contributed by atoms with Crippen molar-refractivity contribution in [2.24, 2.45) is 11.7 Å². The van der Waals surface area contributed by atoms with Gasteiger partial charge in [-0.25, -0.2) is 4.79 Å². The molecule has 2 rings (SSSR count). The summed E-state index contributed by atoms with van der Waals surface area (Å²) in [5, 5.41) is 71.9. The third-order valence-corrected chi connectivity index (χ3v) is 8.65. The number of aliphatic hydroxyl groups is 3. The second kappa shape index (κ2) is 22.5. The molecule has 0 aliphatic heterocycles. The minimum absolute atomic E-state index is 0.0326. The lowest BCUT2D eigenvalue weighted by molar-refractivity contribution is -0.143. The summed E-state index contributed by atoms with van der Waals surface area (Å²) in [6.45, 7) is 1.83.